The van der Waals surface area contributed by atoms with E-state index in [0.29, 0.717) is 12.1 Å². The first-order chi connectivity index (χ1) is 8.66. The van der Waals surface area contributed by atoms with Gasteiger partial charge >= 0.3 is 0 Å². The van der Waals surface area contributed by atoms with Crippen LogP contribution in [0.4, 0.5) is 10.1 Å². The van der Waals surface area contributed by atoms with Crippen LogP contribution < -0.4 is 10.2 Å². The molecule has 1 saturated carbocycles. The van der Waals surface area contributed by atoms with Crippen LogP contribution in [0.2, 0.25) is 0 Å². The Bertz CT molecular complexity index is 442. The number of rotatable bonds is 2. The quantitative estimate of drug-likeness (QED) is 0.865. The van der Waals surface area contributed by atoms with Crippen molar-refractivity contribution in [1.82, 2.24) is 5.32 Å². The minimum absolute atomic E-state index is 0.0548. The molecule has 2 unspecified atom stereocenters. The Morgan fingerprint density at radius 2 is 2.11 bits per heavy atom. The minimum atomic E-state index is -0.0548. The first-order valence-corrected chi connectivity index (χ1v) is 6.92. The topological polar surface area (TPSA) is 15.3 Å². The predicted molar refractivity (Wildman–Crippen MR) is 72.5 cm³/mol. The van der Waals surface area contributed by atoms with Crippen molar-refractivity contribution >= 4 is 5.69 Å². The number of hydrogen-bond acceptors (Lipinski definition) is 2. The lowest BCUT2D eigenvalue weighted by molar-refractivity contribution is 0.373. The maximum atomic E-state index is 14.2. The molecule has 0 spiro atoms. The molecule has 0 radical (unpaired) electrons. The molecule has 0 amide bonds. The van der Waals surface area contributed by atoms with E-state index in [2.05, 4.69) is 17.1 Å². The van der Waals surface area contributed by atoms with E-state index in [-0.39, 0.29) is 5.82 Å². The minimum Gasteiger partial charge on any atom is -0.364 e. The summed E-state index contributed by atoms with van der Waals surface area (Å²) in [6, 6.07) is 6.60. The highest BCUT2D eigenvalue weighted by molar-refractivity contribution is 5.51. The van der Waals surface area contributed by atoms with E-state index in [1.54, 1.807) is 0 Å². The molecule has 0 aromatic heterocycles. The van der Waals surface area contributed by atoms with Crippen molar-refractivity contribution < 1.29 is 4.39 Å². The lowest BCUT2D eigenvalue weighted by Gasteiger charge is -2.41. The zero-order valence-electron chi connectivity index (χ0n) is 11.1. The van der Waals surface area contributed by atoms with Crippen molar-refractivity contribution in [2.75, 3.05) is 18.0 Å². The van der Waals surface area contributed by atoms with Crippen LogP contribution in [0.25, 0.3) is 0 Å². The Morgan fingerprint density at radius 1 is 1.33 bits per heavy atom. The van der Waals surface area contributed by atoms with E-state index < -0.39 is 0 Å². The summed E-state index contributed by atoms with van der Waals surface area (Å²) in [7, 11) is 0. The van der Waals surface area contributed by atoms with Gasteiger partial charge in [-0.3, -0.25) is 0 Å². The molecule has 3 heteroatoms. The van der Waals surface area contributed by atoms with Crippen molar-refractivity contribution in [3.63, 3.8) is 0 Å². The first-order valence-electron chi connectivity index (χ1n) is 6.92. The molecule has 1 aromatic rings. The molecule has 1 aliphatic heterocycles. The summed E-state index contributed by atoms with van der Waals surface area (Å²) in [5, 5.41) is 3.60. The van der Waals surface area contributed by atoms with E-state index in [0.717, 1.165) is 30.3 Å². The maximum absolute atomic E-state index is 14.2. The van der Waals surface area contributed by atoms with Gasteiger partial charge in [0.15, 0.2) is 0 Å². The Hall–Kier alpha value is -1.09. The Kier molecular flexibility index (Phi) is 3.02. The Labute approximate surface area is 108 Å². The molecule has 2 aliphatic rings. The predicted octanol–water partition coefficient (Wildman–Crippen LogP) is 2.71. The Balaban J connectivity index is 1.86. The maximum Gasteiger partial charge on any atom is 0.149 e. The average molecular weight is 248 g/mol. The fraction of sp³-hybridized carbons (Fsp3) is 0.600. The summed E-state index contributed by atoms with van der Waals surface area (Å²) in [5.74, 6) is 0.758. The van der Waals surface area contributed by atoms with Gasteiger partial charge in [-0.15, -0.1) is 0 Å². The zero-order chi connectivity index (χ0) is 12.7. The molecule has 18 heavy (non-hydrogen) atoms. The van der Waals surface area contributed by atoms with E-state index in [9.17, 15) is 4.39 Å². The van der Waals surface area contributed by atoms with Gasteiger partial charge in [0.2, 0.25) is 0 Å². The van der Waals surface area contributed by atoms with Crippen molar-refractivity contribution in [2.24, 2.45) is 5.92 Å². The second-order valence-corrected chi connectivity index (χ2v) is 5.76. The molecule has 98 valence electrons. The smallest absolute Gasteiger partial charge is 0.149 e. The molecule has 1 saturated heterocycles. The lowest BCUT2D eigenvalue weighted by atomic mass is 10.0. The standard InChI is InChI=1S/C15H21FN2/c1-10-4-3-5-14(15(10)16)18-9-13(12-6-7-12)17-8-11(18)2/h3-5,11-13,17H,6-9H2,1-2H3. The second kappa shape index (κ2) is 4.54. The monoisotopic (exact) mass is 248 g/mol. The summed E-state index contributed by atoms with van der Waals surface area (Å²) in [6.45, 7) is 5.89. The summed E-state index contributed by atoms with van der Waals surface area (Å²) < 4.78 is 14.2. The fourth-order valence-electron chi connectivity index (χ4n) is 2.89. The molecule has 3 rings (SSSR count). The summed E-state index contributed by atoms with van der Waals surface area (Å²) in [6.07, 6.45) is 2.66. The highest BCUT2D eigenvalue weighted by Gasteiger charge is 2.36. The largest absolute Gasteiger partial charge is 0.364 e. The molecular formula is C15H21FN2. The highest BCUT2D eigenvalue weighted by Crippen LogP contribution is 2.35. The second-order valence-electron chi connectivity index (χ2n) is 5.76. The lowest BCUT2D eigenvalue weighted by Crippen LogP contribution is -2.56. The number of anilines is 1. The third-order valence-corrected chi connectivity index (χ3v) is 4.27. The molecule has 1 aromatic carbocycles. The van der Waals surface area contributed by atoms with Gasteiger partial charge < -0.3 is 10.2 Å². The highest BCUT2D eigenvalue weighted by atomic mass is 19.1. The summed E-state index contributed by atoms with van der Waals surface area (Å²) in [5.41, 5.74) is 1.51. The van der Waals surface area contributed by atoms with Gasteiger partial charge in [-0.05, 0) is 44.2 Å². The van der Waals surface area contributed by atoms with E-state index in [1.165, 1.54) is 12.8 Å². The van der Waals surface area contributed by atoms with Crippen molar-refractivity contribution in [3.8, 4) is 0 Å². The molecule has 0 bridgehead atoms. The number of piperazine rings is 1. The number of halogens is 1. The van der Waals surface area contributed by atoms with Crippen LogP contribution in [-0.4, -0.2) is 25.2 Å². The number of nitrogens with zero attached hydrogens (tertiary/aromatic N) is 1. The first kappa shape index (κ1) is 12.0. The number of hydrogen-bond donors (Lipinski definition) is 1. The van der Waals surface area contributed by atoms with Gasteiger partial charge in [-0.25, -0.2) is 4.39 Å². The van der Waals surface area contributed by atoms with Gasteiger partial charge in [0, 0.05) is 25.2 Å². The van der Waals surface area contributed by atoms with Crippen LogP contribution in [0.3, 0.4) is 0 Å². The molecule has 1 heterocycles. The van der Waals surface area contributed by atoms with Gasteiger partial charge in [-0.2, -0.15) is 0 Å². The summed E-state index contributed by atoms with van der Waals surface area (Å²) >= 11 is 0. The Morgan fingerprint density at radius 3 is 2.83 bits per heavy atom. The van der Waals surface area contributed by atoms with Crippen molar-refractivity contribution in [2.45, 2.75) is 38.8 Å². The van der Waals surface area contributed by atoms with E-state index in [4.69, 9.17) is 0 Å². The van der Waals surface area contributed by atoms with Gasteiger partial charge in [-0.1, -0.05) is 12.1 Å². The van der Waals surface area contributed by atoms with Crippen LogP contribution >= 0.6 is 0 Å². The third-order valence-electron chi connectivity index (χ3n) is 4.27. The molecule has 1 aliphatic carbocycles. The van der Waals surface area contributed by atoms with Crippen LogP contribution in [0.1, 0.15) is 25.3 Å². The van der Waals surface area contributed by atoms with Crippen molar-refractivity contribution in [3.05, 3.63) is 29.6 Å². The van der Waals surface area contributed by atoms with Crippen LogP contribution in [0.5, 0.6) is 0 Å². The molecule has 1 N–H and O–H groups in total. The van der Waals surface area contributed by atoms with Gasteiger partial charge in [0.05, 0.1) is 5.69 Å². The third kappa shape index (κ3) is 2.12. The number of nitrogens with one attached hydrogen (secondary N) is 1. The van der Waals surface area contributed by atoms with Crippen LogP contribution in [0, 0.1) is 18.7 Å². The van der Waals surface area contributed by atoms with E-state index >= 15 is 0 Å². The molecular weight excluding hydrogens is 227 g/mol. The molecule has 2 atom stereocenters. The van der Waals surface area contributed by atoms with E-state index in [1.807, 2.05) is 25.1 Å². The zero-order valence-corrected chi connectivity index (χ0v) is 11.1. The van der Waals surface area contributed by atoms with Crippen LogP contribution in [0.15, 0.2) is 18.2 Å². The van der Waals surface area contributed by atoms with Gasteiger partial charge in [0.1, 0.15) is 5.82 Å². The number of benzene rings is 1. The molecule has 2 nitrogen and oxygen atoms in total. The van der Waals surface area contributed by atoms with Crippen LogP contribution in [-0.2, 0) is 0 Å². The SMILES string of the molecule is Cc1cccc(N2CC(C3CC3)NCC2C)c1F. The average Bonchev–Trinajstić information content (AvgIpc) is 3.18. The van der Waals surface area contributed by atoms with Crippen molar-refractivity contribution in [1.29, 1.82) is 0 Å². The normalized spacial score (nSPS) is 28.5. The summed E-state index contributed by atoms with van der Waals surface area (Å²) in [4.78, 5) is 2.24. The molecule has 2 fully saturated rings. The number of aryl methyl sites for hydroxylation is 1. The fourth-order valence-corrected chi connectivity index (χ4v) is 2.89. The van der Waals surface area contributed by atoms with Gasteiger partial charge in [0.25, 0.3) is 0 Å².